The minimum absolute atomic E-state index is 0.124. The van der Waals surface area contributed by atoms with Gasteiger partial charge in [0.1, 0.15) is 0 Å². The third-order valence-electron chi connectivity index (χ3n) is 3.14. The lowest BCUT2D eigenvalue weighted by atomic mass is 10.1. The molecule has 0 spiro atoms. The summed E-state index contributed by atoms with van der Waals surface area (Å²) < 4.78 is 25.5. The molecule has 0 fully saturated rings. The van der Waals surface area contributed by atoms with Gasteiger partial charge < -0.3 is 0 Å². The van der Waals surface area contributed by atoms with E-state index in [-0.39, 0.29) is 9.92 Å². The highest BCUT2D eigenvalue weighted by atomic mass is 32.2. The Bertz CT molecular complexity index is 871. The molecule has 100 valence electrons. The van der Waals surface area contributed by atoms with Gasteiger partial charge >= 0.3 is 0 Å². The maximum Gasteiger partial charge on any atom is 0.224 e. The van der Waals surface area contributed by atoms with Gasteiger partial charge in [-0.05, 0) is 30.5 Å². The molecule has 2 aromatic carbocycles. The van der Waals surface area contributed by atoms with Crippen LogP contribution in [0.25, 0.3) is 10.8 Å². The van der Waals surface area contributed by atoms with Crippen molar-refractivity contribution in [3.63, 3.8) is 0 Å². The fourth-order valence-corrected chi connectivity index (χ4v) is 3.69. The van der Waals surface area contributed by atoms with Crippen molar-refractivity contribution >= 4 is 20.6 Å². The first-order valence-corrected chi connectivity index (χ1v) is 7.74. The lowest BCUT2D eigenvalue weighted by molar-refractivity contribution is 0.593. The van der Waals surface area contributed by atoms with Gasteiger partial charge in [-0.1, -0.05) is 42.5 Å². The number of fused-ring (bicyclic) bond motifs is 1. The van der Waals surface area contributed by atoms with Crippen LogP contribution in [0.5, 0.6) is 0 Å². The Morgan fingerprint density at radius 1 is 0.900 bits per heavy atom. The van der Waals surface area contributed by atoms with Crippen LogP contribution >= 0.6 is 0 Å². The molecular weight excluding hydrogens is 270 g/mol. The average Bonchev–Trinajstić information content (AvgIpc) is 2.47. The second kappa shape index (κ2) is 4.72. The van der Waals surface area contributed by atoms with Crippen molar-refractivity contribution in [2.24, 2.45) is 0 Å². The van der Waals surface area contributed by atoms with Crippen molar-refractivity contribution < 1.29 is 8.42 Å². The molecule has 0 aliphatic carbocycles. The standard InChI is InChI=1S/C16H13NO2S/c1-12-11-13-7-5-6-10-15(13)16(17-12)20(18,19)14-8-3-2-4-9-14/h2-11H,1H3. The zero-order valence-corrected chi connectivity index (χ0v) is 11.8. The third kappa shape index (κ3) is 2.08. The molecule has 20 heavy (non-hydrogen) atoms. The molecule has 0 aliphatic heterocycles. The summed E-state index contributed by atoms with van der Waals surface area (Å²) in [7, 11) is -3.60. The molecule has 0 saturated heterocycles. The molecule has 0 saturated carbocycles. The van der Waals surface area contributed by atoms with E-state index < -0.39 is 9.84 Å². The van der Waals surface area contributed by atoms with E-state index in [4.69, 9.17) is 0 Å². The fourth-order valence-electron chi connectivity index (χ4n) is 2.21. The van der Waals surface area contributed by atoms with Crippen LogP contribution in [0.1, 0.15) is 5.69 Å². The Labute approximate surface area is 117 Å². The topological polar surface area (TPSA) is 47.0 Å². The quantitative estimate of drug-likeness (QED) is 0.724. The molecule has 0 aliphatic rings. The smallest absolute Gasteiger partial charge is 0.224 e. The number of benzene rings is 2. The molecule has 3 aromatic rings. The molecule has 3 rings (SSSR count). The zero-order chi connectivity index (χ0) is 14.2. The number of hydrogen-bond donors (Lipinski definition) is 0. The van der Waals surface area contributed by atoms with E-state index in [9.17, 15) is 8.42 Å². The van der Waals surface area contributed by atoms with Crippen LogP contribution in [0.2, 0.25) is 0 Å². The third-order valence-corrected chi connectivity index (χ3v) is 4.85. The van der Waals surface area contributed by atoms with Crippen LogP contribution in [0.4, 0.5) is 0 Å². The Morgan fingerprint density at radius 3 is 2.30 bits per heavy atom. The lowest BCUT2D eigenvalue weighted by Gasteiger charge is -2.08. The second-order valence-corrected chi connectivity index (χ2v) is 6.47. The van der Waals surface area contributed by atoms with Crippen LogP contribution in [0.3, 0.4) is 0 Å². The van der Waals surface area contributed by atoms with Crippen LogP contribution in [0, 0.1) is 6.92 Å². The van der Waals surface area contributed by atoms with Gasteiger partial charge in [-0.2, -0.15) is 0 Å². The van der Waals surface area contributed by atoms with Gasteiger partial charge in [0.25, 0.3) is 0 Å². The predicted molar refractivity (Wildman–Crippen MR) is 78.4 cm³/mol. The van der Waals surface area contributed by atoms with E-state index in [2.05, 4.69) is 4.98 Å². The Hall–Kier alpha value is -2.20. The molecule has 0 radical (unpaired) electrons. The van der Waals surface area contributed by atoms with Crippen LogP contribution in [-0.2, 0) is 9.84 Å². The van der Waals surface area contributed by atoms with E-state index in [0.717, 1.165) is 5.39 Å². The molecule has 0 amide bonds. The SMILES string of the molecule is Cc1cc2ccccc2c(S(=O)(=O)c2ccccc2)n1. The van der Waals surface area contributed by atoms with Gasteiger partial charge in [0.05, 0.1) is 4.90 Å². The van der Waals surface area contributed by atoms with Gasteiger partial charge in [-0.25, -0.2) is 13.4 Å². The maximum atomic E-state index is 12.7. The minimum atomic E-state index is -3.60. The van der Waals surface area contributed by atoms with Crippen molar-refractivity contribution in [1.82, 2.24) is 4.98 Å². The van der Waals surface area contributed by atoms with Crippen LogP contribution < -0.4 is 0 Å². The van der Waals surface area contributed by atoms with Crippen molar-refractivity contribution in [1.29, 1.82) is 0 Å². The van der Waals surface area contributed by atoms with Gasteiger partial charge in [0.2, 0.25) is 9.84 Å². The van der Waals surface area contributed by atoms with Gasteiger partial charge in [-0.15, -0.1) is 0 Å². The summed E-state index contributed by atoms with van der Waals surface area (Å²) in [5, 5.41) is 1.66. The molecule has 0 atom stereocenters. The van der Waals surface area contributed by atoms with E-state index in [1.165, 1.54) is 0 Å². The van der Waals surface area contributed by atoms with Crippen LogP contribution in [0.15, 0.2) is 70.6 Å². The fraction of sp³-hybridized carbons (Fsp3) is 0.0625. The number of pyridine rings is 1. The summed E-state index contributed by atoms with van der Waals surface area (Å²) in [5.74, 6) is 0. The Kier molecular flexibility index (Phi) is 3.03. The van der Waals surface area contributed by atoms with E-state index in [0.29, 0.717) is 11.1 Å². The summed E-state index contributed by atoms with van der Waals surface area (Å²) in [6.07, 6.45) is 0. The predicted octanol–water partition coefficient (Wildman–Crippen LogP) is 3.38. The lowest BCUT2D eigenvalue weighted by Crippen LogP contribution is -2.06. The minimum Gasteiger partial charge on any atom is -0.241 e. The molecule has 0 N–H and O–H groups in total. The van der Waals surface area contributed by atoms with Crippen LogP contribution in [-0.4, -0.2) is 13.4 Å². The number of aromatic nitrogens is 1. The van der Waals surface area contributed by atoms with Crippen molar-refractivity contribution in [3.05, 3.63) is 66.4 Å². The molecule has 0 unspecified atom stereocenters. The molecule has 1 heterocycles. The number of sulfone groups is 1. The van der Waals surface area contributed by atoms with Crippen molar-refractivity contribution in [2.45, 2.75) is 16.8 Å². The highest BCUT2D eigenvalue weighted by Crippen LogP contribution is 2.27. The first kappa shape index (κ1) is 12.8. The largest absolute Gasteiger partial charge is 0.241 e. The first-order chi connectivity index (χ1) is 9.59. The monoisotopic (exact) mass is 283 g/mol. The molecule has 0 bridgehead atoms. The van der Waals surface area contributed by atoms with Gasteiger partial charge in [0, 0.05) is 11.1 Å². The van der Waals surface area contributed by atoms with E-state index in [1.807, 2.05) is 24.3 Å². The second-order valence-electron chi connectivity index (χ2n) is 4.61. The number of hydrogen-bond acceptors (Lipinski definition) is 3. The zero-order valence-electron chi connectivity index (χ0n) is 10.9. The number of rotatable bonds is 2. The van der Waals surface area contributed by atoms with E-state index in [1.54, 1.807) is 43.3 Å². The Morgan fingerprint density at radius 2 is 1.55 bits per heavy atom. The van der Waals surface area contributed by atoms with Gasteiger partial charge in [0.15, 0.2) is 5.03 Å². The molecule has 4 heteroatoms. The summed E-state index contributed by atoms with van der Waals surface area (Å²) in [6, 6.07) is 17.7. The van der Waals surface area contributed by atoms with Gasteiger partial charge in [-0.3, -0.25) is 0 Å². The van der Waals surface area contributed by atoms with Crippen molar-refractivity contribution in [3.8, 4) is 0 Å². The first-order valence-electron chi connectivity index (χ1n) is 6.25. The Balaban J connectivity index is 2.35. The highest BCUT2D eigenvalue weighted by Gasteiger charge is 2.22. The molecule has 3 nitrogen and oxygen atoms in total. The number of nitrogens with zero attached hydrogens (tertiary/aromatic N) is 1. The van der Waals surface area contributed by atoms with E-state index >= 15 is 0 Å². The maximum absolute atomic E-state index is 12.7. The summed E-state index contributed by atoms with van der Waals surface area (Å²) in [4.78, 5) is 4.53. The summed E-state index contributed by atoms with van der Waals surface area (Å²) in [6.45, 7) is 1.80. The normalized spacial score (nSPS) is 11.7. The summed E-state index contributed by atoms with van der Waals surface area (Å²) >= 11 is 0. The highest BCUT2D eigenvalue weighted by molar-refractivity contribution is 7.91. The molecule has 1 aromatic heterocycles. The van der Waals surface area contributed by atoms with Crippen molar-refractivity contribution in [2.75, 3.05) is 0 Å². The summed E-state index contributed by atoms with van der Waals surface area (Å²) in [5.41, 5.74) is 0.693. The molecular formula is C16H13NO2S. The number of aryl methyl sites for hydroxylation is 1. The average molecular weight is 283 g/mol.